The number of benzene rings is 1. The Morgan fingerprint density at radius 1 is 0.569 bits per heavy atom. The van der Waals surface area contributed by atoms with Crippen molar-refractivity contribution in [2.24, 2.45) is 45.9 Å². The quantitative estimate of drug-likeness (QED) is 0.0195. The lowest BCUT2D eigenvalue weighted by atomic mass is 9.94. The van der Waals surface area contributed by atoms with Crippen molar-refractivity contribution >= 4 is 59.2 Å². The van der Waals surface area contributed by atoms with E-state index in [-0.39, 0.29) is 49.9 Å². The number of aliphatic imine (C=N–C) groups is 1. The first-order valence-corrected chi connectivity index (χ1v) is 24.2. The predicted octanol–water partition coefficient (Wildman–Crippen LogP) is -2.92. The zero-order valence-corrected chi connectivity index (χ0v) is 42.8. The minimum atomic E-state index is -1.61. The molecule has 0 unspecified atom stereocenters. The van der Waals surface area contributed by atoms with Crippen molar-refractivity contribution in [3.05, 3.63) is 29.8 Å². The maximum absolute atomic E-state index is 14.3. The van der Waals surface area contributed by atoms with Crippen molar-refractivity contribution in [3.63, 3.8) is 0 Å². The molecule has 0 fully saturated rings. The maximum atomic E-state index is 14.3. The molecule has 0 bridgehead atoms. The molecule has 406 valence electrons. The fourth-order valence-corrected chi connectivity index (χ4v) is 6.99. The number of phenolic OH excluding ortho intramolecular Hbond substituents is 1. The third-order valence-electron chi connectivity index (χ3n) is 11.8. The molecular weight excluding hydrogens is 941 g/mol. The number of nitrogens with zero attached hydrogens (tertiary/aromatic N) is 1. The Bertz CT molecular complexity index is 2000. The molecule has 0 saturated carbocycles. The van der Waals surface area contributed by atoms with Crippen LogP contribution in [0.4, 0.5) is 0 Å². The van der Waals surface area contributed by atoms with E-state index < -0.39 is 139 Å². The van der Waals surface area contributed by atoms with Crippen LogP contribution in [0.3, 0.4) is 0 Å². The lowest BCUT2D eigenvalue weighted by molar-refractivity contribution is -0.143. The van der Waals surface area contributed by atoms with Gasteiger partial charge in [0.1, 0.15) is 60.1 Å². The molecule has 8 amide bonds. The number of amides is 8. The number of nitrogens with one attached hydrogen (secondary N) is 8. The maximum Gasteiger partial charge on any atom is 0.326 e. The summed E-state index contributed by atoms with van der Waals surface area (Å²) in [6, 6.07) is -6.36. The molecule has 0 radical (unpaired) electrons. The number of rotatable bonds is 32. The molecule has 0 aliphatic rings. The molecule has 18 N–H and O–H groups in total. The zero-order chi connectivity index (χ0) is 55.0. The van der Waals surface area contributed by atoms with Crippen molar-refractivity contribution in [3.8, 4) is 5.75 Å². The number of carboxylic acids is 1. The van der Waals surface area contributed by atoms with Crippen LogP contribution in [0.5, 0.6) is 5.75 Å². The lowest BCUT2D eigenvalue weighted by Crippen LogP contribution is -2.62. The first kappa shape index (κ1) is 63.4. The Hall–Kier alpha value is -6.60. The Morgan fingerprint density at radius 3 is 1.51 bits per heavy atom. The minimum absolute atomic E-state index is 0.0110. The molecule has 25 nitrogen and oxygen atoms in total. The van der Waals surface area contributed by atoms with Gasteiger partial charge < -0.3 is 80.2 Å². The average Bonchev–Trinajstić information content (AvgIpc) is 3.32. The van der Waals surface area contributed by atoms with Crippen LogP contribution < -0.4 is 59.7 Å². The summed E-state index contributed by atoms with van der Waals surface area (Å²) < 4.78 is 0. The third kappa shape index (κ3) is 21.8. The number of carboxylic acid groups (broad SMARTS) is 1. The number of aliphatic hydroxyl groups is 2. The summed E-state index contributed by atoms with van der Waals surface area (Å²) in [6.07, 6.45) is 0.827. The SMILES string of the molecule is CC[C@H](C)[C@H](NC(=O)[C@H](Cc1ccc(O)cc1)NC(=O)[C@H](C)NC(=O)[C@H](CO)NC(=O)[C@H](CC(C)C)NC(=O)[C@@H](N)CO)C(=O)N[C@H](C(=O)N[C@@H](CCCN=C(N)N)C(=O)N[C@H](C(=O)O)C(C)C)[C@@H](C)CC. The van der Waals surface area contributed by atoms with E-state index in [4.69, 9.17) is 17.2 Å². The van der Waals surface area contributed by atoms with Crippen molar-refractivity contribution in [1.82, 2.24) is 42.5 Å². The van der Waals surface area contributed by atoms with Crippen LogP contribution in [-0.2, 0) is 49.6 Å². The second kappa shape index (κ2) is 31.7. The molecule has 11 atom stereocenters. The Kier molecular flexibility index (Phi) is 27.9. The molecule has 0 aliphatic carbocycles. The van der Waals surface area contributed by atoms with E-state index in [1.165, 1.54) is 31.2 Å². The summed E-state index contributed by atoms with van der Waals surface area (Å²) in [6.45, 7) is 13.4. The number of hydrogen-bond donors (Lipinski definition) is 15. The summed E-state index contributed by atoms with van der Waals surface area (Å²) in [4.78, 5) is 125. The minimum Gasteiger partial charge on any atom is -0.508 e. The van der Waals surface area contributed by atoms with Crippen LogP contribution in [0.15, 0.2) is 29.3 Å². The Balaban J connectivity index is 3.46. The van der Waals surface area contributed by atoms with Gasteiger partial charge in [-0.3, -0.25) is 43.3 Å². The van der Waals surface area contributed by atoms with Crippen molar-refractivity contribution in [2.75, 3.05) is 19.8 Å². The average molecular weight is 1020 g/mol. The molecule has 0 aliphatic heterocycles. The fraction of sp³-hybridized carbons (Fsp3) is 0.660. The summed E-state index contributed by atoms with van der Waals surface area (Å²) in [5.74, 6) is -10.1. The Labute approximate surface area is 420 Å². The number of carbonyl (C=O) groups is 9. The number of carbonyl (C=O) groups excluding carboxylic acids is 8. The van der Waals surface area contributed by atoms with Crippen molar-refractivity contribution in [2.45, 2.75) is 155 Å². The van der Waals surface area contributed by atoms with E-state index in [9.17, 15) is 63.6 Å². The normalized spacial score (nSPS) is 15.8. The van der Waals surface area contributed by atoms with Gasteiger partial charge in [-0.15, -0.1) is 0 Å². The third-order valence-corrected chi connectivity index (χ3v) is 11.8. The van der Waals surface area contributed by atoms with E-state index in [0.29, 0.717) is 18.4 Å². The smallest absolute Gasteiger partial charge is 0.326 e. The highest BCUT2D eigenvalue weighted by Crippen LogP contribution is 2.16. The van der Waals surface area contributed by atoms with E-state index in [1.807, 2.05) is 0 Å². The standard InChI is InChI=1S/C47H80N12O13/c1-10-25(7)36(44(69)53-31(13-12-18-51-47(49)50)40(65)57-35(24(5)6)46(71)72)59-45(70)37(26(8)11-2)58-42(67)33(20-28-14-16-29(62)17-15-28)54-38(63)27(9)52-43(68)34(22-61)56-41(66)32(19-23(3)4)55-39(64)30(48)21-60/h14-17,23-27,30-37,60-62H,10-13,18-22,48H2,1-9H3,(H,52,68)(H,53,69)(H,54,63)(H,55,64)(H,56,66)(H,57,65)(H,58,67)(H,59,70)(H,71,72)(H4,49,50,51)/t25-,26-,27-,30-,31-,32-,33-,34-,35-,36-,37-/m0/s1. The molecule has 1 aromatic carbocycles. The highest BCUT2D eigenvalue weighted by molar-refractivity contribution is 5.98. The van der Waals surface area contributed by atoms with E-state index in [2.05, 4.69) is 47.5 Å². The van der Waals surface area contributed by atoms with Crippen LogP contribution in [0.2, 0.25) is 0 Å². The topological polar surface area (TPSA) is 421 Å². The van der Waals surface area contributed by atoms with Gasteiger partial charge in [-0.2, -0.15) is 0 Å². The first-order valence-electron chi connectivity index (χ1n) is 24.2. The van der Waals surface area contributed by atoms with Crippen LogP contribution in [-0.4, -0.2) is 154 Å². The Morgan fingerprint density at radius 2 is 1.03 bits per heavy atom. The number of nitrogens with two attached hydrogens (primary N) is 3. The van der Waals surface area contributed by atoms with Crippen LogP contribution in [0.25, 0.3) is 0 Å². The molecule has 0 saturated heterocycles. The van der Waals surface area contributed by atoms with Gasteiger partial charge in [0.15, 0.2) is 5.96 Å². The number of aromatic hydroxyl groups is 1. The van der Waals surface area contributed by atoms with Gasteiger partial charge in [0, 0.05) is 13.0 Å². The summed E-state index contributed by atoms with van der Waals surface area (Å²) in [5.41, 5.74) is 16.9. The molecule has 0 heterocycles. The summed E-state index contributed by atoms with van der Waals surface area (Å²) in [5, 5.41) is 59.3. The van der Waals surface area contributed by atoms with Crippen LogP contribution >= 0.6 is 0 Å². The number of guanidine groups is 1. The van der Waals surface area contributed by atoms with Gasteiger partial charge in [-0.05, 0) is 67.6 Å². The second-order valence-electron chi connectivity index (χ2n) is 18.7. The van der Waals surface area contributed by atoms with Gasteiger partial charge in [0.05, 0.1) is 13.2 Å². The molecule has 72 heavy (non-hydrogen) atoms. The van der Waals surface area contributed by atoms with Crippen LogP contribution in [0.1, 0.15) is 100.0 Å². The largest absolute Gasteiger partial charge is 0.508 e. The van der Waals surface area contributed by atoms with Crippen LogP contribution in [0, 0.1) is 23.7 Å². The van der Waals surface area contributed by atoms with Crippen molar-refractivity contribution in [1.29, 1.82) is 0 Å². The molecule has 1 rings (SSSR count). The first-order chi connectivity index (χ1) is 33.7. The van der Waals surface area contributed by atoms with Gasteiger partial charge in [-0.1, -0.05) is 80.4 Å². The zero-order valence-electron chi connectivity index (χ0n) is 42.8. The number of aliphatic carboxylic acids is 1. The van der Waals surface area contributed by atoms with E-state index in [0.717, 1.165) is 0 Å². The molecular formula is C47H80N12O13. The van der Waals surface area contributed by atoms with Gasteiger partial charge in [-0.25, -0.2) is 4.79 Å². The molecule has 0 aromatic heterocycles. The molecule has 25 heteroatoms. The van der Waals surface area contributed by atoms with Gasteiger partial charge >= 0.3 is 5.97 Å². The number of aliphatic hydroxyl groups excluding tert-OH is 2. The van der Waals surface area contributed by atoms with Gasteiger partial charge in [0.25, 0.3) is 0 Å². The van der Waals surface area contributed by atoms with Crippen molar-refractivity contribution < 1.29 is 63.6 Å². The number of phenols is 1. The second-order valence-corrected chi connectivity index (χ2v) is 18.7. The lowest BCUT2D eigenvalue weighted by Gasteiger charge is -2.31. The van der Waals surface area contributed by atoms with E-state index >= 15 is 0 Å². The molecule has 1 aromatic rings. The highest BCUT2D eigenvalue weighted by Gasteiger charge is 2.37. The number of hydrogen-bond acceptors (Lipinski definition) is 14. The fourth-order valence-electron chi connectivity index (χ4n) is 6.99. The highest BCUT2D eigenvalue weighted by atomic mass is 16.4. The van der Waals surface area contributed by atoms with E-state index in [1.54, 1.807) is 55.4 Å². The monoisotopic (exact) mass is 1020 g/mol. The molecule has 0 spiro atoms. The predicted molar refractivity (Wildman–Crippen MR) is 266 cm³/mol. The summed E-state index contributed by atoms with van der Waals surface area (Å²) in [7, 11) is 0. The summed E-state index contributed by atoms with van der Waals surface area (Å²) >= 11 is 0. The van der Waals surface area contributed by atoms with Gasteiger partial charge in [0.2, 0.25) is 47.3 Å².